The molecule has 6 rings (SSSR count). The number of likely N-dealkylation sites (tertiary alicyclic amines) is 1. The highest BCUT2D eigenvalue weighted by atomic mass is 19.4. The van der Waals surface area contributed by atoms with E-state index in [0.717, 1.165) is 50.0 Å². The predicted octanol–water partition coefficient (Wildman–Crippen LogP) is 5.87. The lowest BCUT2D eigenvalue weighted by molar-refractivity contribution is -0.140. The lowest BCUT2D eigenvalue weighted by Crippen LogP contribution is -2.62. The largest absolute Gasteiger partial charge is 0.495 e. The fourth-order valence-corrected chi connectivity index (χ4v) is 7.26. The molecule has 0 radical (unpaired) electrons. The van der Waals surface area contributed by atoms with Crippen LogP contribution in [0.25, 0.3) is 10.9 Å². The predicted molar refractivity (Wildman–Crippen MR) is 173 cm³/mol. The molecule has 246 valence electrons. The van der Waals surface area contributed by atoms with Crippen LogP contribution in [0.1, 0.15) is 54.6 Å². The quantitative estimate of drug-likeness (QED) is 0.268. The van der Waals surface area contributed by atoms with Crippen LogP contribution in [0.15, 0.2) is 42.5 Å². The molecule has 1 aromatic heterocycles. The number of anilines is 2. The van der Waals surface area contributed by atoms with Gasteiger partial charge >= 0.3 is 6.18 Å². The topological polar surface area (TPSA) is 79.8 Å². The molecule has 0 atom stereocenters. The first-order valence-electron chi connectivity index (χ1n) is 16.1. The van der Waals surface area contributed by atoms with Crippen LogP contribution in [0.3, 0.4) is 0 Å². The lowest BCUT2D eigenvalue weighted by Gasteiger charge is -2.56. The van der Waals surface area contributed by atoms with Gasteiger partial charge < -0.3 is 30.0 Å². The Balaban J connectivity index is 1.13. The van der Waals surface area contributed by atoms with E-state index in [-0.39, 0.29) is 18.5 Å². The zero-order chi connectivity index (χ0) is 32.3. The van der Waals surface area contributed by atoms with Gasteiger partial charge in [-0.1, -0.05) is 12.0 Å². The minimum Gasteiger partial charge on any atom is -0.495 e. The van der Waals surface area contributed by atoms with E-state index in [9.17, 15) is 18.0 Å². The third-order valence-electron chi connectivity index (χ3n) is 9.76. The van der Waals surface area contributed by atoms with Gasteiger partial charge in [0.1, 0.15) is 12.3 Å². The molecule has 3 heterocycles. The van der Waals surface area contributed by atoms with E-state index < -0.39 is 12.7 Å². The highest BCUT2D eigenvalue weighted by molar-refractivity contribution is 5.95. The van der Waals surface area contributed by atoms with Crippen molar-refractivity contribution in [1.82, 2.24) is 14.8 Å². The summed E-state index contributed by atoms with van der Waals surface area (Å²) in [7, 11) is 3.05. The molecule has 2 saturated heterocycles. The van der Waals surface area contributed by atoms with Crippen molar-refractivity contribution in [3.8, 4) is 17.6 Å². The number of nitrogens with zero attached hydrogens (tertiary/aromatic N) is 2. The number of alkyl halides is 3. The molecule has 1 saturated carbocycles. The summed E-state index contributed by atoms with van der Waals surface area (Å²) in [6.07, 6.45) is 2.25. The Morgan fingerprint density at radius 2 is 1.83 bits per heavy atom. The van der Waals surface area contributed by atoms with Gasteiger partial charge in [-0.3, -0.25) is 9.69 Å². The maximum atomic E-state index is 13.7. The number of halogens is 3. The van der Waals surface area contributed by atoms with Crippen molar-refractivity contribution in [2.75, 3.05) is 57.6 Å². The summed E-state index contributed by atoms with van der Waals surface area (Å²) in [5, 5.41) is 10.1. The molecule has 3 fully saturated rings. The number of rotatable bonds is 8. The van der Waals surface area contributed by atoms with Crippen molar-refractivity contribution in [1.29, 1.82) is 0 Å². The molecule has 8 nitrogen and oxygen atoms in total. The zero-order valence-electron chi connectivity index (χ0n) is 26.4. The molecule has 3 aromatic rings. The highest BCUT2D eigenvalue weighted by Crippen LogP contribution is 2.43. The number of fused-ring (bicyclic) bond motifs is 1. The molecule has 11 heteroatoms. The first-order chi connectivity index (χ1) is 22.2. The Hall–Kier alpha value is -3.88. The number of methoxy groups -OCH3 is 1. The Morgan fingerprint density at radius 3 is 2.52 bits per heavy atom. The van der Waals surface area contributed by atoms with Crippen LogP contribution in [-0.4, -0.2) is 80.6 Å². The maximum Gasteiger partial charge on any atom is 0.406 e. The molecular weight excluding hydrogens is 595 g/mol. The van der Waals surface area contributed by atoms with Gasteiger partial charge in [-0.2, -0.15) is 13.2 Å². The van der Waals surface area contributed by atoms with Gasteiger partial charge in [-0.25, -0.2) is 0 Å². The highest BCUT2D eigenvalue weighted by Gasteiger charge is 2.46. The van der Waals surface area contributed by atoms with Crippen LogP contribution in [-0.2, 0) is 11.3 Å². The molecular formula is C35H42F3N5O3. The number of hydrogen-bond donors (Lipinski definition) is 3. The fraction of sp³-hybridized carbons (Fsp3) is 0.514. The van der Waals surface area contributed by atoms with Gasteiger partial charge in [-0.15, -0.1) is 0 Å². The third-order valence-corrected chi connectivity index (χ3v) is 9.76. The van der Waals surface area contributed by atoms with E-state index >= 15 is 0 Å². The smallest absolute Gasteiger partial charge is 0.406 e. The second kappa shape index (κ2) is 13.5. The van der Waals surface area contributed by atoms with Gasteiger partial charge in [0, 0.05) is 67.5 Å². The average molecular weight is 638 g/mol. The standard InChI is InChI=1S/C35H42F3N5O3/c1-39-33(44)24-8-13-30(32(19-24)45-2)40-16-4-5-27-20-28-29(6-3-7-31(28)43(27)23-35(36,37)38)41-25-9-11-26(12-10-25)42-21-34(22-42)14-17-46-18-15-34/h3,6-8,13,19-20,25-26,40-41H,9-12,14-18,21-23H2,1-2H3,(H,39,44)/t25-,26-. The maximum absolute atomic E-state index is 13.7. The SMILES string of the molecule is CNC(=O)c1ccc(NCC#Cc2cc3c(N[C@H]4CC[C@H](N5CC6(CCOCC6)C5)CC4)cccc3n2CC(F)(F)F)c(OC)c1. The normalized spacial score (nSPS) is 21.2. The number of aromatic nitrogens is 1. The molecule has 1 amide bonds. The van der Waals surface area contributed by atoms with Crippen molar-refractivity contribution < 1.29 is 27.4 Å². The van der Waals surface area contributed by atoms with Crippen molar-refractivity contribution >= 4 is 28.2 Å². The number of benzene rings is 2. The fourth-order valence-electron chi connectivity index (χ4n) is 7.26. The summed E-state index contributed by atoms with van der Waals surface area (Å²) in [6, 6.07) is 13.1. The van der Waals surface area contributed by atoms with Gasteiger partial charge in [0.15, 0.2) is 0 Å². The van der Waals surface area contributed by atoms with Crippen LogP contribution < -0.4 is 20.7 Å². The Bertz CT molecular complexity index is 1600. The van der Waals surface area contributed by atoms with E-state index in [1.54, 1.807) is 37.4 Å². The number of hydrogen-bond acceptors (Lipinski definition) is 6. The summed E-state index contributed by atoms with van der Waals surface area (Å²) in [5.74, 6) is 6.16. The van der Waals surface area contributed by atoms with Crippen molar-refractivity contribution in [3.63, 3.8) is 0 Å². The molecule has 3 N–H and O–H groups in total. The Kier molecular flexibility index (Phi) is 9.39. The van der Waals surface area contributed by atoms with Crippen LogP contribution in [0.4, 0.5) is 24.5 Å². The summed E-state index contributed by atoms with van der Waals surface area (Å²) in [6.45, 7) is 3.18. The van der Waals surface area contributed by atoms with Crippen molar-refractivity contribution in [2.45, 2.75) is 63.3 Å². The Morgan fingerprint density at radius 1 is 1.07 bits per heavy atom. The number of nitrogens with one attached hydrogen (secondary N) is 3. The molecule has 2 aromatic carbocycles. The summed E-state index contributed by atoms with van der Waals surface area (Å²) < 4.78 is 53.4. The van der Waals surface area contributed by atoms with Crippen LogP contribution in [0, 0.1) is 17.3 Å². The van der Waals surface area contributed by atoms with Gasteiger partial charge in [0.05, 0.1) is 30.6 Å². The minimum absolute atomic E-state index is 0.170. The second-order valence-electron chi connectivity index (χ2n) is 12.8. The van der Waals surface area contributed by atoms with Crippen LogP contribution >= 0.6 is 0 Å². The third kappa shape index (κ3) is 7.08. The van der Waals surface area contributed by atoms with Crippen molar-refractivity contribution in [2.24, 2.45) is 5.41 Å². The molecule has 0 bridgehead atoms. The Labute approximate surface area is 268 Å². The lowest BCUT2D eigenvalue weighted by atomic mass is 9.71. The minimum atomic E-state index is -4.40. The van der Waals surface area contributed by atoms with Gasteiger partial charge in [0.25, 0.3) is 5.91 Å². The van der Waals surface area contributed by atoms with Gasteiger partial charge in [-0.05, 0) is 80.8 Å². The van der Waals surface area contributed by atoms with Crippen molar-refractivity contribution in [3.05, 3.63) is 53.7 Å². The number of ether oxygens (including phenoxy) is 2. The first kappa shape index (κ1) is 32.1. The molecule has 2 aliphatic heterocycles. The number of amides is 1. The van der Waals surface area contributed by atoms with E-state index in [2.05, 4.69) is 32.7 Å². The number of carbonyl (C=O) groups is 1. The summed E-state index contributed by atoms with van der Waals surface area (Å²) in [5.41, 5.74) is 3.18. The molecule has 3 aliphatic rings. The monoisotopic (exact) mass is 637 g/mol. The van der Waals surface area contributed by atoms with Gasteiger partial charge in [0.2, 0.25) is 0 Å². The molecule has 46 heavy (non-hydrogen) atoms. The summed E-state index contributed by atoms with van der Waals surface area (Å²) in [4.78, 5) is 14.6. The molecule has 0 unspecified atom stereocenters. The van der Waals surface area contributed by atoms with Crippen LogP contribution in [0.2, 0.25) is 0 Å². The zero-order valence-corrected chi connectivity index (χ0v) is 26.4. The second-order valence-corrected chi connectivity index (χ2v) is 12.8. The first-order valence-corrected chi connectivity index (χ1v) is 16.1. The van der Waals surface area contributed by atoms with E-state index in [1.807, 2.05) is 12.1 Å². The average Bonchev–Trinajstić information content (AvgIpc) is 3.38. The van der Waals surface area contributed by atoms with E-state index in [4.69, 9.17) is 9.47 Å². The van der Waals surface area contributed by atoms with E-state index in [0.29, 0.717) is 39.7 Å². The molecule has 1 spiro atoms. The number of carbonyl (C=O) groups excluding carboxylic acids is 1. The summed E-state index contributed by atoms with van der Waals surface area (Å²) >= 11 is 0. The van der Waals surface area contributed by atoms with E-state index in [1.165, 1.54) is 37.6 Å². The molecule has 1 aliphatic carbocycles. The van der Waals surface area contributed by atoms with Crippen LogP contribution in [0.5, 0.6) is 5.75 Å².